The summed E-state index contributed by atoms with van der Waals surface area (Å²) in [5, 5.41) is 9.95. The number of carbonyl (C=O) groups excluding carboxylic acids is 1. The first-order chi connectivity index (χ1) is 15.9. The summed E-state index contributed by atoms with van der Waals surface area (Å²) in [6, 6.07) is 16.3. The van der Waals surface area contributed by atoms with Crippen molar-refractivity contribution >= 4 is 34.7 Å². The monoisotopic (exact) mass is 460 g/mol. The summed E-state index contributed by atoms with van der Waals surface area (Å²) < 4.78 is 12.6. The van der Waals surface area contributed by atoms with E-state index in [2.05, 4.69) is 6.07 Å². The minimum Gasteiger partial charge on any atom is -0.496 e. The molecule has 0 saturated heterocycles. The number of hydrogen-bond acceptors (Lipinski definition) is 7. The van der Waals surface area contributed by atoms with Crippen LogP contribution in [0.15, 0.2) is 58.9 Å². The van der Waals surface area contributed by atoms with Gasteiger partial charge in [0.25, 0.3) is 5.56 Å². The van der Waals surface area contributed by atoms with Gasteiger partial charge in [0.1, 0.15) is 22.0 Å². The Hall–Kier alpha value is -4.29. The molecule has 4 rings (SSSR count). The third kappa shape index (κ3) is 3.56. The summed E-state index contributed by atoms with van der Waals surface area (Å²) in [4.78, 5) is 26.0. The zero-order valence-electron chi connectivity index (χ0n) is 17.9. The quantitative estimate of drug-likeness (QED) is 0.580. The van der Waals surface area contributed by atoms with E-state index in [-0.39, 0.29) is 21.6 Å². The normalized spacial score (nSPS) is 15.7. The number of thiazole rings is 1. The molecule has 1 aromatic heterocycles. The molecule has 9 heteroatoms. The van der Waals surface area contributed by atoms with E-state index in [4.69, 9.17) is 20.9 Å². The number of benzene rings is 2. The molecule has 1 amide bonds. The molecule has 33 heavy (non-hydrogen) atoms. The van der Waals surface area contributed by atoms with Gasteiger partial charge in [0.2, 0.25) is 5.91 Å². The van der Waals surface area contributed by atoms with E-state index in [1.54, 1.807) is 42.5 Å². The van der Waals surface area contributed by atoms with Gasteiger partial charge in [0.05, 0.1) is 41.9 Å². The Labute approximate surface area is 192 Å². The van der Waals surface area contributed by atoms with E-state index in [0.717, 1.165) is 11.3 Å². The maximum Gasteiger partial charge on any atom is 0.274 e. The standard InChI is InChI=1S/C24H20N4O4S/c1-31-16-9-5-3-7-13(16)11-18-23(30)28-21(26)15(12-25)19(20(22(27)29)24(28)33-18)14-8-4-6-10-17(14)32-2/h3-11,19H,26H2,1-2H3,(H2,27,29). The summed E-state index contributed by atoms with van der Waals surface area (Å²) in [6.07, 6.45) is 1.66. The second-order valence-corrected chi connectivity index (χ2v) is 8.19. The Morgan fingerprint density at radius 3 is 2.39 bits per heavy atom. The van der Waals surface area contributed by atoms with Crippen LogP contribution in [0.4, 0.5) is 0 Å². The maximum atomic E-state index is 13.3. The zero-order chi connectivity index (χ0) is 23.7. The largest absolute Gasteiger partial charge is 0.496 e. The molecule has 166 valence electrons. The topological polar surface area (TPSA) is 133 Å². The van der Waals surface area contributed by atoms with E-state index < -0.39 is 17.4 Å². The van der Waals surface area contributed by atoms with E-state index in [1.807, 2.05) is 12.1 Å². The van der Waals surface area contributed by atoms with Crippen molar-refractivity contribution in [2.45, 2.75) is 5.92 Å². The number of fused-ring (bicyclic) bond motifs is 1. The first-order valence-corrected chi connectivity index (χ1v) is 10.7. The molecule has 1 aliphatic heterocycles. The number of hydrogen-bond donors (Lipinski definition) is 2. The van der Waals surface area contributed by atoms with Crippen LogP contribution in [0.1, 0.15) is 17.0 Å². The zero-order valence-corrected chi connectivity index (χ0v) is 18.7. The minimum atomic E-state index is -0.874. The molecule has 0 radical (unpaired) electrons. The number of nitrogens with zero attached hydrogens (tertiary/aromatic N) is 2. The Morgan fingerprint density at radius 1 is 1.12 bits per heavy atom. The van der Waals surface area contributed by atoms with E-state index in [1.165, 1.54) is 18.8 Å². The molecule has 0 bridgehead atoms. The summed E-state index contributed by atoms with van der Waals surface area (Å²) in [5.74, 6) is -0.629. The lowest BCUT2D eigenvalue weighted by atomic mass is 9.83. The van der Waals surface area contributed by atoms with Crippen molar-refractivity contribution in [1.29, 1.82) is 5.26 Å². The number of rotatable bonds is 5. The van der Waals surface area contributed by atoms with Crippen LogP contribution in [-0.2, 0) is 4.79 Å². The molecule has 3 aromatic rings. The van der Waals surface area contributed by atoms with Crippen LogP contribution in [0.3, 0.4) is 0 Å². The van der Waals surface area contributed by atoms with Crippen molar-refractivity contribution in [3.63, 3.8) is 0 Å². The van der Waals surface area contributed by atoms with Crippen molar-refractivity contribution in [2.24, 2.45) is 11.5 Å². The Bertz CT molecular complexity index is 1520. The molecule has 0 aliphatic carbocycles. The number of nitrogens with two attached hydrogens (primary N) is 2. The number of nitriles is 1. The maximum absolute atomic E-state index is 13.3. The molecular weight excluding hydrogens is 440 g/mol. The lowest BCUT2D eigenvalue weighted by Gasteiger charge is -2.25. The number of allylic oxidation sites excluding steroid dienone is 1. The van der Waals surface area contributed by atoms with Crippen LogP contribution in [0.2, 0.25) is 0 Å². The molecule has 1 atom stereocenters. The predicted octanol–water partition coefficient (Wildman–Crippen LogP) is 0.840. The highest BCUT2D eigenvalue weighted by Crippen LogP contribution is 2.39. The van der Waals surface area contributed by atoms with Crippen molar-refractivity contribution in [2.75, 3.05) is 14.2 Å². The fourth-order valence-corrected chi connectivity index (χ4v) is 5.10. The molecule has 2 heterocycles. The molecule has 0 saturated carbocycles. The average molecular weight is 461 g/mol. The number of aromatic nitrogens is 1. The third-order valence-corrected chi connectivity index (χ3v) is 6.52. The van der Waals surface area contributed by atoms with Gasteiger partial charge in [-0.3, -0.25) is 14.2 Å². The van der Waals surface area contributed by atoms with E-state index in [9.17, 15) is 14.9 Å². The van der Waals surface area contributed by atoms with Gasteiger partial charge in [-0.1, -0.05) is 36.4 Å². The highest BCUT2D eigenvalue weighted by Gasteiger charge is 2.36. The molecule has 0 spiro atoms. The number of amides is 1. The third-order valence-electron chi connectivity index (χ3n) is 5.41. The molecule has 8 nitrogen and oxygen atoms in total. The number of primary amides is 1. The minimum absolute atomic E-state index is 0.0459. The predicted molar refractivity (Wildman–Crippen MR) is 126 cm³/mol. The smallest absolute Gasteiger partial charge is 0.274 e. The highest BCUT2D eigenvalue weighted by molar-refractivity contribution is 7.07. The molecular formula is C24H20N4O4S. The first kappa shape index (κ1) is 21.9. The Morgan fingerprint density at radius 2 is 1.76 bits per heavy atom. The average Bonchev–Trinajstić information content (AvgIpc) is 3.14. The van der Waals surface area contributed by atoms with Crippen LogP contribution in [0, 0.1) is 11.3 Å². The van der Waals surface area contributed by atoms with Gasteiger partial charge in [0, 0.05) is 11.1 Å². The van der Waals surface area contributed by atoms with Crippen molar-refractivity contribution in [1.82, 2.24) is 4.57 Å². The molecule has 0 fully saturated rings. The van der Waals surface area contributed by atoms with Gasteiger partial charge in [-0.25, -0.2) is 0 Å². The van der Waals surface area contributed by atoms with Gasteiger partial charge in [-0.2, -0.15) is 5.26 Å². The number of ether oxygens (including phenoxy) is 2. The number of carbonyl (C=O) groups is 1. The van der Waals surface area contributed by atoms with Gasteiger partial charge in [-0.05, 0) is 18.2 Å². The first-order valence-electron chi connectivity index (χ1n) is 9.86. The van der Waals surface area contributed by atoms with Crippen LogP contribution in [0.5, 0.6) is 11.5 Å². The number of methoxy groups -OCH3 is 2. The van der Waals surface area contributed by atoms with Crippen LogP contribution < -0.4 is 35.7 Å². The fraction of sp³-hybridized carbons (Fsp3) is 0.125. The fourth-order valence-electron chi connectivity index (χ4n) is 3.93. The van der Waals surface area contributed by atoms with E-state index >= 15 is 0 Å². The lowest BCUT2D eigenvalue weighted by Crippen LogP contribution is -2.41. The van der Waals surface area contributed by atoms with Crippen LogP contribution in [-0.4, -0.2) is 24.7 Å². The van der Waals surface area contributed by atoms with Gasteiger partial charge < -0.3 is 20.9 Å². The highest BCUT2D eigenvalue weighted by atomic mass is 32.1. The molecule has 1 aliphatic rings. The van der Waals surface area contributed by atoms with Gasteiger partial charge >= 0.3 is 0 Å². The van der Waals surface area contributed by atoms with Gasteiger partial charge in [0.15, 0.2) is 0 Å². The molecule has 2 aromatic carbocycles. The van der Waals surface area contributed by atoms with Gasteiger partial charge in [-0.15, -0.1) is 11.3 Å². The van der Waals surface area contributed by atoms with E-state index in [0.29, 0.717) is 27.2 Å². The second kappa shape index (κ2) is 8.68. The SMILES string of the molecule is COc1ccccc1C=c1sc2n(c1=O)C(N)=C(C#N)C(c1ccccc1OC)C=2C(N)=O. The summed E-state index contributed by atoms with van der Waals surface area (Å²) in [6.45, 7) is 0. The van der Waals surface area contributed by atoms with Crippen LogP contribution >= 0.6 is 11.3 Å². The van der Waals surface area contributed by atoms with Crippen molar-refractivity contribution in [3.8, 4) is 17.6 Å². The van der Waals surface area contributed by atoms with Crippen molar-refractivity contribution < 1.29 is 14.3 Å². The lowest BCUT2D eigenvalue weighted by molar-refractivity contribution is -0.113. The Balaban J connectivity index is 2.12. The summed E-state index contributed by atoms with van der Waals surface area (Å²) in [7, 11) is 3.03. The second-order valence-electron chi connectivity index (χ2n) is 7.16. The summed E-state index contributed by atoms with van der Waals surface area (Å²) in [5.41, 5.74) is 13.0. The molecule has 1 unspecified atom stereocenters. The van der Waals surface area contributed by atoms with Crippen LogP contribution in [0.25, 0.3) is 17.5 Å². The van der Waals surface area contributed by atoms with Crippen molar-refractivity contribution in [3.05, 3.63) is 84.8 Å². The number of para-hydroxylation sites is 2. The Kier molecular flexibility index (Phi) is 5.77. The summed E-state index contributed by atoms with van der Waals surface area (Å²) >= 11 is 1.08. The molecule has 4 N–H and O–H groups in total.